The van der Waals surface area contributed by atoms with Crippen LogP contribution in [0.25, 0.3) is 33.2 Å². The van der Waals surface area contributed by atoms with E-state index in [0.717, 1.165) is 11.3 Å². The van der Waals surface area contributed by atoms with Gasteiger partial charge in [0.2, 0.25) is 5.69 Å². The zero-order valence-electron chi connectivity index (χ0n) is 16.7. The Morgan fingerprint density at radius 2 is 1.56 bits per heavy atom. The van der Waals surface area contributed by atoms with Gasteiger partial charge in [0.15, 0.2) is 6.20 Å². The van der Waals surface area contributed by atoms with Crippen molar-refractivity contribution in [3.05, 3.63) is 83.3 Å². The fraction of sp³-hybridized carbons (Fsp3) is 0.200. The molecule has 0 atom stereocenters. The molecule has 2 heteroatoms. The molecule has 0 N–H and O–H groups in total. The number of hydrogen-bond acceptors (Lipinski definition) is 1. The SMILES string of the molecule is Cc1cc(C)c(C)c(-c2cc3ccc(-c4ccc(C)nc4)cc3c[n+]2C)c1. The van der Waals surface area contributed by atoms with Crippen molar-refractivity contribution in [1.82, 2.24) is 4.98 Å². The van der Waals surface area contributed by atoms with Gasteiger partial charge in [-0.2, -0.15) is 0 Å². The van der Waals surface area contributed by atoms with Gasteiger partial charge >= 0.3 is 0 Å². The topological polar surface area (TPSA) is 16.8 Å². The fourth-order valence-electron chi connectivity index (χ4n) is 3.74. The van der Waals surface area contributed by atoms with Crippen molar-refractivity contribution in [2.45, 2.75) is 27.7 Å². The molecule has 0 saturated heterocycles. The Labute approximate surface area is 161 Å². The van der Waals surface area contributed by atoms with Crippen LogP contribution >= 0.6 is 0 Å². The molecule has 0 fully saturated rings. The van der Waals surface area contributed by atoms with Gasteiger partial charge in [-0.1, -0.05) is 29.8 Å². The summed E-state index contributed by atoms with van der Waals surface area (Å²) < 4.78 is 2.24. The molecule has 2 heterocycles. The smallest absolute Gasteiger partial charge is 0.213 e. The first-order valence-corrected chi connectivity index (χ1v) is 9.37. The van der Waals surface area contributed by atoms with Gasteiger partial charge in [-0.3, -0.25) is 4.98 Å². The number of hydrogen-bond donors (Lipinski definition) is 0. The number of pyridine rings is 2. The molecule has 2 nitrogen and oxygen atoms in total. The molecule has 0 radical (unpaired) electrons. The molecular weight excluding hydrogens is 328 g/mol. The van der Waals surface area contributed by atoms with Crippen LogP contribution in [-0.4, -0.2) is 4.98 Å². The zero-order valence-corrected chi connectivity index (χ0v) is 16.7. The summed E-state index contributed by atoms with van der Waals surface area (Å²) in [5, 5.41) is 2.49. The first-order chi connectivity index (χ1) is 12.9. The standard InChI is InChI=1S/C25H25N2/c1-16-10-17(2)19(4)24(11-16)25-13-21-9-8-20(12-23(21)15-27(25)5)22-7-6-18(3)26-14-22/h6-15H,1-5H3/q+1. The van der Waals surface area contributed by atoms with E-state index in [0.29, 0.717) is 0 Å². The lowest BCUT2D eigenvalue weighted by Gasteiger charge is -2.10. The quantitative estimate of drug-likeness (QED) is 0.427. The minimum atomic E-state index is 1.04. The van der Waals surface area contributed by atoms with Crippen molar-refractivity contribution in [2.75, 3.05) is 0 Å². The molecule has 0 bridgehead atoms. The molecule has 0 spiro atoms. The molecule has 0 saturated carbocycles. The molecule has 0 amide bonds. The van der Waals surface area contributed by atoms with Crippen molar-refractivity contribution in [2.24, 2.45) is 7.05 Å². The largest absolute Gasteiger partial charge is 0.261 e. The molecule has 2 aromatic carbocycles. The van der Waals surface area contributed by atoms with Crippen molar-refractivity contribution >= 4 is 10.8 Å². The van der Waals surface area contributed by atoms with E-state index in [1.807, 2.05) is 13.1 Å². The minimum Gasteiger partial charge on any atom is -0.261 e. The number of rotatable bonds is 2. The summed E-state index contributed by atoms with van der Waals surface area (Å²) in [4.78, 5) is 4.43. The highest BCUT2D eigenvalue weighted by Crippen LogP contribution is 2.29. The van der Waals surface area contributed by atoms with Crippen LogP contribution in [0.1, 0.15) is 22.4 Å². The average Bonchev–Trinajstić information content (AvgIpc) is 2.64. The van der Waals surface area contributed by atoms with E-state index < -0.39 is 0 Å². The highest BCUT2D eigenvalue weighted by Gasteiger charge is 2.16. The van der Waals surface area contributed by atoms with E-state index in [1.165, 1.54) is 44.3 Å². The van der Waals surface area contributed by atoms with Gasteiger partial charge in [-0.15, -0.1) is 0 Å². The monoisotopic (exact) mass is 353 g/mol. The summed E-state index contributed by atoms with van der Waals surface area (Å²) in [6.07, 6.45) is 4.18. The third kappa shape index (κ3) is 3.23. The van der Waals surface area contributed by atoms with E-state index >= 15 is 0 Å². The predicted molar refractivity (Wildman–Crippen MR) is 113 cm³/mol. The van der Waals surface area contributed by atoms with E-state index in [1.54, 1.807) is 0 Å². The van der Waals surface area contributed by atoms with Crippen molar-refractivity contribution in [3.63, 3.8) is 0 Å². The maximum absolute atomic E-state index is 4.43. The van der Waals surface area contributed by atoms with Crippen LogP contribution in [0.15, 0.2) is 60.9 Å². The Bertz CT molecular complexity index is 1160. The Balaban J connectivity index is 1.86. The number of aryl methyl sites for hydroxylation is 4. The Morgan fingerprint density at radius 1 is 0.778 bits per heavy atom. The maximum Gasteiger partial charge on any atom is 0.213 e. The van der Waals surface area contributed by atoms with Crippen LogP contribution in [0.3, 0.4) is 0 Å². The van der Waals surface area contributed by atoms with E-state index in [9.17, 15) is 0 Å². The second-order valence-corrected chi connectivity index (χ2v) is 7.56. The van der Waals surface area contributed by atoms with Gasteiger partial charge in [-0.25, -0.2) is 4.57 Å². The van der Waals surface area contributed by atoms with Gasteiger partial charge in [0, 0.05) is 34.5 Å². The average molecular weight is 353 g/mol. The van der Waals surface area contributed by atoms with Crippen LogP contribution in [0.4, 0.5) is 0 Å². The Kier molecular flexibility index (Phi) is 4.27. The Hall–Kier alpha value is -3.00. The van der Waals surface area contributed by atoms with E-state index in [4.69, 9.17) is 0 Å². The molecule has 0 unspecified atom stereocenters. The highest BCUT2D eigenvalue weighted by atomic mass is 14.9. The van der Waals surface area contributed by atoms with Gasteiger partial charge in [0.25, 0.3) is 0 Å². The molecular formula is C25H25N2+. The molecule has 0 aliphatic rings. The lowest BCUT2D eigenvalue weighted by atomic mass is 9.96. The molecule has 4 aromatic rings. The third-order valence-electron chi connectivity index (χ3n) is 5.42. The van der Waals surface area contributed by atoms with Crippen molar-refractivity contribution < 1.29 is 4.57 Å². The summed E-state index contributed by atoms with van der Waals surface area (Å²) in [5.74, 6) is 0. The number of aromatic nitrogens is 2. The Morgan fingerprint density at radius 3 is 2.30 bits per heavy atom. The number of fused-ring (bicyclic) bond motifs is 1. The van der Waals surface area contributed by atoms with E-state index in [2.05, 4.69) is 92.1 Å². The number of nitrogens with zero attached hydrogens (tertiary/aromatic N) is 2. The molecule has 0 aliphatic carbocycles. The van der Waals surface area contributed by atoms with Crippen LogP contribution < -0.4 is 4.57 Å². The van der Waals surface area contributed by atoms with Crippen molar-refractivity contribution in [1.29, 1.82) is 0 Å². The van der Waals surface area contributed by atoms with Crippen LogP contribution in [0.5, 0.6) is 0 Å². The van der Waals surface area contributed by atoms with Crippen LogP contribution in [-0.2, 0) is 7.05 Å². The van der Waals surface area contributed by atoms with E-state index in [-0.39, 0.29) is 0 Å². The second kappa shape index (κ2) is 6.62. The third-order valence-corrected chi connectivity index (χ3v) is 5.42. The first-order valence-electron chi connectivity index (χ1n) is 9.37. The molecule has 27 heavy (non-hydrogen) atoms. The maximum atomic E-state index is 4.43. The van der Waals surface area contributed by atoms with Gasteiger partial charge < -0.3 is 0 Å². The lowest BCUT2D eigenvalue weighted by Crippen LogP contribution is -2.30. The number of benzene rings is 2. The normalized spacial score (nSPS) is 11.1. The molecule has 134 valence electrons. The summed E-state index contributed by atoms with van der Waals surface area (Å²) in [6.45, 7) is 8.58. The summed E-state index contributed by atoms with van der Waals surface area (Å²) >= 11 is 0. The molecule has 0 aliphatic heterocycles. The molecule has 2 aromatic heterocycles. The zero-order chi connectivity index (χ0) is 19.1. The predicted octanol–water partition coefficient (Wildman–Crippen LogP) is 5.63. The summed E-state index contributed by atoms with van der Waals surface area (Å²) in [6, 6.07) is 17.7. The summed E-state index contributed by atoms with van der Waals surface area (Å²) in [5.41, 5.74) is 9.94. The van der Waals surface area contributed by atoms with Crippen LogP contribution in [0, 0.1) is 27.7 Å². The van der Waals surface area contributed by atoms with Crippen LogP contribution in [0.2, 0.25) is 0 Å². The van der Waals surface area contributed by atoms with Gasteiger partial charge in [0.05, 0.1) is 0 Å². The minimum absolute atomic E-state index is 1.04. The van der Waals surface area contributed by atoms with Gasteiger partial charge in [0.1, 0.15) is 7.05 Å². The van der Waals surface area contributed by atoms with Crippen molar-refractivity contribution in [3.8, 4) is 22.4 Å². The second-order valence-electron chi connectivity index (χ2n) is 7.56. The van der Waals surface area contributed by atoms with Gasteiger partial charge in [-0.05, 0) is 68.0 Å². The fourth-order valence-corrected chi connectivity index (χ4v) is 3.74. The first kappa shape index (κ1) is 17.4. The molecule has 4 rings (SSSR count). The highest BCUT2D eigenvalue weighted by molar-refractivity contribution is 5.88. The summed E-state index contributed by atoms with van der Waals surface area (Å²) in [7, 11) is 2.13. The lowest BCUT2D eigenvalue weighted by molar-refractivity contribution is -0.659.